The van der Waals surface area contributed by atoms with Gasteiger partial charge in [0.2, 0.25) is 0 Å². The van der Waals surface area contributed by atoms with Crippen molar-refractivity contribution in [1.29, 1.82) is 0 Å². The highest BCUT2D eigenvalue weighted by Gasteiger charge is 2.12. The molecule has 0 aliphatic heterocycles. The lowest BCUT2D eigenvalue weighted by molar-refractivity contribution is 0.911. The lowest BCUT2D eigenvalue weighted by atomic mass is 10.1. The Balaban J connectivity index is 1.89. The van der Waals surface area contributed by atoms with E-state index in [0.29, 0.717) is 6.54 Å². The maximum absolute atomic E-state index is 5.83. The summed E-state index contributed by atoms with van der Waals surface area (Å²) >= 11 is 5.31. The highest BCUT2D eigenvalue weighted by atomic mass is 79.9. The van der Waals surface area contributed by atoms with Gasteiger partial charge in [-0.05, 0) is 66.3 Å². The predicted molar refractivity (Wildman–Crippen MR) is 84.6 cm³/mol. The van der Waals surface area contributed by atoms with Gasteiger partial charge in [0.15, 0.2) is 0 Å². The van der Waals surface area contributed by atoms with E-state index in [2.05, 4.69) is 52.3 Å². The van der Waals surface area contributed by atoms with E-state index in [-0.39, 0.29) is 0 Å². The number of halogens is 1. The molecule has 0 saturated heterocycles. The Bertz CT molecular complexity index is 610. The summed E-state index contributed by atoms with van der Waals surface area (Å²) < 4.78 is 1.09. The lowest BCUT2D eigenvalue weighted by Crippen LogP contribution is -1.98. The normalized spacial score (nSPS) is 13.6. The van der Waals surface area contributed by atoms with Crippen molar-refractivity contribution in [3.63, 3.8) is 0 Å². The molecule has 2 aromatic carbocycles. The third kappa shape index (κ3) is 2.88. The standard InChI is InChI=1S/C16H16BrNS/c17-14-5-7-16(13(8-14)10-18)19-15-6-4-11-2-1-3-12(11)9-15/h4-9H,1-3,10,18H2. The number of nitrogens with two attached hydrogens (primary N) is 1. The Morgan fingerprint density at radius 1 is 1.05 bits per heavy atom. The molecule has 19 heavy (non-hydrogen) atoms. The van der Waals surface area contributed by atoms with Crippen molar-refractivity contribution in [2.45, 2.75) is 35.6 Å². The van der Waals surface area contributed by atoms with Crippen LogP contribution >= 0.6 is 27.7 Å². The van der Waals surface area contributed by atoms with Gasteiger partial charge < -0.3 is 5.73 Å². The maximum Gasteiger partial charge on any atom is 0.0189 e. The van der Waals surface area contributed by atoms with Crippen molar-refractivity contribution in [3.05, 3.63) is 57.6 Å². The Hall–Kier alpha value is -0.770. The highest BCUT2D eigenvalue weighted by Crippen LogP contribution is 2.34. The molecule has 0 radical (unpaired) electrons. The molecule has 0 fully saturated rings. The van der Waals surface area contributed by atoms with Crippen molar-refractivity contribution in [2.75, 3.05) is 0 Å². The van der Waals surface area contributed by atoms with Crippen LogP contribution < -0.4 is 5.73 Å². The maximum atomic E-state index is 5.83. The molecule has 3 heteroatoms. The van der Waals surface area contributed by atoms with Gasteiger partial charge >= 0.3 is 0 Å². The topological polar surface area (TPSA) is 26.0 Å². The SMILES string of the molecule is NCc1cc(Br)ccc1Sc1ccc2c(c1)CCC2. The number of fused-ring (bicyclic) bond motifs is 1. The van der Waals surface area contributed by atoms with Gasteiger partial charge in [0.05, 0.1) is 0 Å². The molecular formula is C16H16BrNS. The molecule has 1 aliphatic carbocycles. The number of rotatable bonds is 3. The van der Waals surface area contributed by atoms with E-state index in [1.165, 1.54) is 45.7 Å². The van der Waals surface area contributed by atoms with Crippen LogP contribution in [-0.2, 0) is 19.4 Å². The van der Waals surface area contributed by atoms with Crippen LogP contribution in [0.25, 0.3) is 0 Å². The molecule has 0 amide bonds. The number of hydrogen-bond acceptors (Lipinski definition) is 2. The van der Waals surface area contributed by atoms with Crippen molar-refractivity contribution in [1.82, 2.24) is 0 Å². The largest absolute Gasteiger partial charge is 0.326 e. The predicted octanol–water partition coefficient (Wildman–Crippen LogP) is 4.55. The third-order valence-electron chi connectivity index (χ3n) is 3.54. The quantitative estimate of drug-likeness (QED) is 0.891. The fourth-order valence-corrected chi connectivity index (χ4v) is 3.95. The highest BCUT2D eigenvalue weighted by molar-refractivity contribution is 9.10. The molecule has 0 bridgehead atoms. The average molecular weight is 334 g/mol. The zero-order chi connectivity index (χ0) is 13.2. The second-order valence-corrected chi connectivity index (χ2v) is 6.87. The van der Waals surface area contributed by atoms with Gasteiger partial charge in [-0.15, -0.1) is 0 Å². The Labute approximate surface area is 126 Å². The van der Waals surface area contributed by atoms with Crippen LogP contribution in [0.4, 0.5) is 0 Å². The first-order chi connectivity index (χ1) is 9.26. The van der Waals surface area contributed by atoms with Crippen LogP contribution in [0.2, 0.25) is 0 Å². The molecule has 98 valence electrons. The first-order valence-corrected chi connectivity index (χ1v) is 8.15. The van der Waals surface area contributed by atoms with E-state index < -0.39 is 0 Å². The number of benzene rings is 2. The minimum absolute atomic E-state index is 0.576. The smallest absolute Gasteiger partial charge is 0.0189 e. The molecule has 0 atom stereocenters. The van der Waals surface area contributed by atoms with E-state index in [4.69, 9.17) is 5.73 Å². The summed E-state index contributed by atoms with van der Waals surface area (Å²) in [6.07, 6.45) is 3.77. The number of aryl methyl sites for hydroxylation is 2. The van der Waals surface area contributed by atoms with Gasteiger partial charge in [-0.25, -0.2) is 0 Å². The fourth-order valence-electron chi connectivity index (χ4n) is 2.55. The molecule has 0 heterocycles. The Morgan fingerprint density at radius 2 is 1.89 bits per heavy atom. The van der Waals surface area contributed by atoms with Crippen molar-refractivity contribution >= 4 is 27.7 Å². The zero-order valence-corrected chi connectivity index (χ0v) is 13.1. The van der Waals surface area contributed by atoms with Gasteiger partial charge in [-0.3, -0.25) is 0 Å². The second-order valence-electron chi connectivity index (χ2n) is 4.84. The van der Waals surface area contributed by atoms with Gasteiger partial charge in [0, 0.05) is 20.8 Å². The van der Waals surface area contributed by atoms with Gasteiger partial charge in [-0.2, -0.15) is 0 Å². The average Bonchev–Trinajstić information content (AvgIpc) is 2.88. The van der Waals surface area contributed by atoms with Crippen LogP contribution in [0.1, 0.15) is 23.1 Å². The molecule has 0 aromatic heterocycles. The number of hydrogen-bond donors (Lipinski definition) is 1. The van der Waals surface area contributed by atoms with Crippen LogP contribution in [0.15, 0.2) is 50.7 Å². The zero-order valence-electron chi connectivity index (χ0n) is 10.7. The molecule has 2 aromatic rings. The molecule has 0 saturated carbocycles. The molecule has 3 rings (SSSR count). The van der Waals surface area contributed by atoms with Crippen molar-refractivity contribution in [2.24, 2.45) is 5.73 Å². The van der Waals surface area contributed by atoms with Crippen LogP contribution in [0.5, 0.6) is 0 Å². The van der Waals surface area contributed by atoms with Crippen LogP contribution in [0.3, 0.4) is 0 Å². The molecule has 0 unspecified atom stereocenters. The van der Waals surface area contributed by atoms with E-state index in [1.54, 1.807) is 0 Å². The summed E-state index contributed by atoms with van der Waals surface area (Å²) in [5, 5.41) is 0. The van der Waals surface area contributed by atoms with Crippen LogP contribution in [0, 0.1) is 0 Å². The van der Waals surface area contributed by atoms with E-state index in [1.807, 2.05) is 11.8 Å². The molecule has 2 N–H and O–H groups in total. The van der Waals surface area contributed by atoms with Gasteiger partial charge in [0.25, 0.3) is 0 Å². The third-order valence-corrected chi connectivity index (χ3v) is 5.14. The minimum Gasteiger partial charge on any atom is -0.326 e. The van der Waals surface area contributed by atoms with Crippen molar-refractivity contribution < 1.29 is 0 Å². The van der Waals surface area contributed by atoms with Gasteiger partial charge in [0.1, 0.15) is 0 Å². The fraction of sp³-hybridized carbons (Fsp3) is 0.250. The summed E-state index contributed by atoms with van der Waals surface area (Å²) in [4.78, 5) is 2.57. The monoisotopic (exact) mass is 333 g/mol. The van der Waals surface area contributed by atoms with Crippen molar-refractivity contribution in [3.8, 4) is 0 Å². The molecule has 1 nitrogen and oxygen atoms in total. The molecule has 0 spiro atoms. The molecular weight excluding hydrogens is 318 g/mol. The summed E-state index contributed by atoms with van der Waals surface area (Å²) in [5.41, 5.74) is 10.1. The Morgan fingerprint density at radius 3 is 2.74 bits per heavy atom. The molecule has 1 aliphatic rings. The second kappa shape index (κ2) is 5.70. The minimum atomic E-state index is 0.576. The van der Waals surface area contributed by atoms with E-state index in [9.17, 15) is 0 Å². The summed E-state index contributed by atoms with van der Waals surface area (Å²) in [7, 11) is 0. The van der Waals surface area contributed by atoms with E-state index >= 15 is 0 Å². The first-order valence-electron chi connectivity index (χ1n) is 6.54. The van der Waals surface area contributed by atoms with E-state index in [0.717, 1.165) is 4.47 Å². The van der Waals surface area contributed by atoms with Crippen LogP contribution in [-0.4, -0.2) is 0 Å². The summed E-state index contributed by atoms with van der Waals surface area (Å²) in [6, 6.07) is 13.2. The van der Waals surface area contributed by atoms with Gasteiger partial charge in [-0.1, -0.05) is 33.8 Å². The summed E-state index contributed by atoms with van der Waals surface area (Å²) in [5.74, 6) is 0. The summed E-state index contributed by atoms with van der Waals surface area (Å²) in [6.45, 7) is 0.576. The Kier molecular flexibility index (Phi) is 3.96. The first kappa shape index (κ1) is 13.2. The lowest BCUT2D eigenvalue weighted by Gasteiger charge is -2.09.